The lowest BCUT2D eigenvalue weighted by Crippen LogP contribution is -2.32. The summed E-state index contributed by atoms with van der Waals surface area (Å²) in [6, 6.07) is 9.61. The van der Waals surface area contributed by atoms with Crippen LogP contribution >= 0.6 is 0 Å². The molecule has 0 aliphatic carbocycles. The number of rotatable bonds is 2. The van der Waals surface area contributed by atoms with Crippen LogP contribution in [0.15, 0.2) is 47.3 Å². The second-order valence-corrected chi connectivity index (χ2v) is 9.11. The van der Waals surface area contributed by atoms with E-state index < -0.39 is 40.1 Å². The second-order valence-electron chi connectivity index (χ2n) is 9.11. The summed E-state index contributed by atoms with van der Waals surface area (Å²) in [4.78, 5) is 30.4. The molecule has 0 spiro atoms. The molecule has 0 fully saturated rings. The Morgan fingerprint density at radius 3 is 2.50 bits per heavy atom. The molecule has 4 aromatic rings. The van der Waals surface area contributed by atoms with Gasteiger partial charge in [0.25, 0.3) is 5.56 Å². The van der Waals surface area contributed by atoms with Gasteiger partial charge in [0.1, 0.15) is 29.7 Å². The summed E-state index contributed by atoms with van der Waals surface area (Å²) in [5, 5.41) is 11.7. The first-order valence-electron chi connectivity index (χ1n) is 11.4. The topological polar surface area (TPSA) is 81.4 Å². The van der Waals surface area contributed by atoms with Gasteiger partial charge in [-0.2, -0.15) is 0 Å². The van der Waals surface area contributed by atoms with Gasteiger partial charge in [0.05, 0.1) is 41.0 Å². The van der Waals surface area contributed by atoms with Crippen LogP contribution in [0.2, 0.25) is 0 Å². The zero-order chi connectivity index (χ0) is 25.4. The highest BCUT2D eigenvalue weighted by atomic mass is 19.1. The van der Waals surface area contributed by atoms with Crippen LogP contribution in [0, 0.1) is 17.5 Å². The average Bonchev–Trinajstić information content (AvgIpc) is 3.14. The molecule has 1 N–H and O–H groups in total. The van der Waals surface area contributed by atoms with Gasteiger partial charge >= 0.3 is 5.97 Å². The third kappa shape index (κ3) is 3.12. The third-order valence-corrected chi connectivity index (χ3v) is 7.11. The molecule has 36 heavy (non-hydrogen) atoms. The van der Waals surface area contributed by atoms with E-state index in [1.165, 1.54) is 4.57 Å². The SMILES string of the molecule is CC[C@@]1(O)CC(=O)OCc2c1cc1n(c2=O)Cc2c-1nc1ccccc1c2-c1c(F)cc(F)cc1F. The van der Waals surface area contributed by atoms with Crippen molar-refractivity contribution in [2.45, 2.75) is 38.5 Å². The van der Waals surface area contributed by atoms with Crippen molar-refractivity contribution in [3.63, 3.8) is 0 Å². The van der Waals surface area contributed by atoms with Crippen molar-refractivity contribution in [1.29, 1.82) is 0 Å². The summed E-state index contributed by atoms with van der Waals surface area (Å²) in [6.45, 7) is 1.35. The number of aromatic nitrogens is 2. The molecule has 9 heteroatoms. The Kier molecular flexibility index (Phi) is 4.85. The maximum atomic E-state index is 15.0. The minimum absolute atomic E-state index is 0.0568. The Morgan fingerprint density at radius 1 is 1.06 bits per heavy atom. The Hall–Kier alpha value is -3.98. The van der Waals surface area contributed by atoms with Gasteiger partial charge in [-0.1, -0.05) is 25.1 Å². The number of para-hydroxylation sites is 1. The number of ether oxygens (including phenoxy) is 1. The summed E-state index contributed by atoms with van der Waals surface area (Å²) in [5.74, 6) is -3.80. The van der Waals surface area contributed by atoms with Gasteiger partial charge in [-0.15, -0.1) is 0 Å². The largest absolute Gasteiger partial charge is 0.460 e. The molecular formula is C27H19F3N2O4. The van der Waals surface area contributed by atoms with Crippen molar-refractivity contribution < 1.29 is 27.8 Å². The van der Waals surface area contributed by atoms with Crippen LogP contribution < -0.4 is 5.56 Å². The molecule has 0 saturated carbocycles. The molecule has 0 radical (unpaired) electrons. The molecule has 2 aliphatic heterocycles. The lowest BCUT2D eigenvalue weighted by Gasteiger charge is -2.26. The standard InChI is InChI=1S/C27H19F3N2O4/c1-2-27(35)10-22(33)36-12-16-17(27)9-21-25-15(11-32(21)26(16)34)23(14-5-3-4-6-20(14)31-25)24-18(29)7-13(28)8-19(24)30/h3-9,35H,2,10-12H2,1H3/t27-/m1/s1. The molecule has 2 aliphatic rings. The molecule has 1 atom stereocenters. The van der Waals surface area contributed by atoms with E-state index in [-0.39, 0.29) is 42.7 Å². The number of hydrogen-bond donors (Lipinski definition) is 1. The number of benzene rings is 2. The first-order chi connectivity index (χ1) is 17.2. The lowest BCUT2D eigenvalue weighted by molar-refractivity contribution is -0.149. The van der Waals surface area contributed by atoms with Gasteiger partial charge in [0.2, 0.25) is 0 Å². The van der Waals surface area contributed by atoms with Gasteiger partial charge in [0.15, 0.2) is 0 Å². The number of hydrogen-bond acceptors (Lipinski definition) is 5. The number of cyclic esters (lactones) is 1. The normalized spacial score (nSPS) is 18.4. The average molecular weight is 492 g/mol. The van der Waals surface area contributed by atoms with E-state index in [2.05, 4.69) is 0 Å². The quantitative estimate of drug-likeness (QED) is 0.366. The Balaban J connectivity index is 1.70. The van der Waals surface area contributed by atoms with Crippen LogP contribution in [0.25, 0.3) is 33.4 Å². The Morgan fingerprint density at radius 2 is 1.78 bits per heavy atom. The van der Waals surface area contributed by atoms with Gasteiger partial charge in [0, 0.05) is 28.6 Å². The molecule has 6 nitrogen and oxygen atoms in total. The van der Waals surface area contributed by atoms with E-state index in [4.69, 9.17) is 9.72 Å². The molecule has 182 valence electrons. The molecule has 0 saturated heterocycles. The number of carbonyl (C=O) groups excluding carboxylic acids is 1. The van der Waals surface area contributed by atoms with Crippen LogP contribution in [-0.2, 0) is 28.3 Å². The number of nitrogens with zero attached hydrogens (tertiary/aromatic N) is 2. The molecule has 2 aromatic carbocycles. The Labute approximate surface area is 202 Å². The summed E-state index contributed by atoms with van der Waals surface area (Å²) in [7, 11) is 0. The van der Waals surface area contributed by atoms with Crippen LogP contribution in [0.1, 0.15) is 36.5 Å². The summed E-state index contributed by atoms with van der Waals surface area (Å²) < 4.78 is 50.4. The number of carbonyl (C=O) groups is 1. The second kappa shape index (κ2) is 7.76. The Bertz CT molecular complexity index is 1660. The van der Waals surface area contributed by atoms with E-state index in [0.29, 0.717) is 40.0 Å². The van der Waals surface area contributed by atoms with Crippen molar-refractivity contribution in [3.8, 4) is 22.5 Å². The van der Waals surface area contributed by atoms with Crippen LogP contribution in [0.4, 0.5) is 13.2 Å². The van der Waals surface area contributed by atoms with Gasteiger partial charge in [-0.05, 0) is 24.1 Å². The minimum Gasteiger partial charge on any atom is -0.460 e. The third-order valence-electron chi connectivity index (χ3n) is 7.11. The fourth-order valence-corrected chi connectivity index (χ4v) is 5.29. The molecule has 0 unspecified atom stereocenters. The highest BCUT2D eigenvalue weighted by molar-refractivity contribution is 6.00. The molecular weight excluding hydrogens is 473 g/mol. The van der Waals surface area contributed by atoms with Gasteiger partial charge in [-0.25, -0.2) is 18.2 Å². The van der Waals surface area contributed by atoms with Crippen molar-refractivity contribution >= 4 is 16.9 Å². The fourth-order valence-electron chi connectivity index (χ4n) is 5.29. The van der Waals surface area contributed by atoms with E-state index in [9.17, 15) is 19.1 Å². The highest BCUT2D eigenvalue weighted by Gasteiger charge is 2.40. The predicted molar refractivity (Wildman–Crippen MR) is 124 cm³/mol. The maximum absolute atomic E-state index is 15.0. The van der Waals surface area contributed by atoms with Crippen LogP contribution in [0.3, 0.4) is 0 Å². The van der Waals surface area contributed by atoms with Crippen molar-refractivity contribution in [1.82, 2.24) is 9.55 Å². The summed E-state index contributed by atoms with van der Waals surface area (Å²) in [5.41, 5.74) is -0.420. The summed E-state index contributed by atoms with van der Waals surface area (Å²) >= 11 is 0. The van der Waals surface area contributed by atoms with E-state index in [1.807, 2.05) is 0 Å². The maximum Gasteiger partial charge on any atom is 0.309 e. The van der Waals surface area contributed by atoms with Crippen molar-refractivity contribution in [2.75, 3.05) is 0 Å². The van der Waals surface area contributed by atoms with Crippen LogP contribution in [-0.4, -0.2) is 20.6 Å². The fraction of sp³-hybridized carbons (Fsp3) is 0.222. The first kappa shape index (κ1) is 22.5. The van der Waals surface area contributed by atoms with Crippen molar-refractivity contribution in [3.05, 3.63) is 87.0 Å². The number of esters is 1. The number of fused-ring (bicyclic) bond motifs is 5. The lowest BCUT2D eigenvalue weighted by atomic mass is 9.85. The zero-order valence-corrected chi connectivity index (χ0v) is 19.1. The molecule has 0 amide bonds. The molecule has 6 rings (SSSR count). The minimum atomic E-state index is -1.62. The van der Waals surface area contributed by atoms with E-state index in [1.54, 1.807) is 37.3 Å². The predicted octanol–water partition coefficient (Wildman–Crippen LogP) is 4.55. The monoisotopic (exact) mass is 492 g/mol. The molecule has 0 bridgehead atoms. The molecule has 4 heterocycles. The number of pyridine rings is 2. The number of halogens is 3. The van der Waals surface area contributed by atoms with Crippen LogP contribution in [0.5, 0.6) is 0 Å². The highest BCUT2D eigenvalue weighted by Crippen LogP contribution is 2.44. The zero-order valence-electron chi connectivity index (χ0n) is 19.1. The smallest absolute Gasteiger partial charge is 0.309 e. The van der Waals surface area contributed by atoms with Gasteiger partial charge in [-0.3, -0.25) is 9.59 Å². The van der Waals surface area contributed by atoms with E-state index in [0.717, 1.165) is 0 Å². The first-order valence-corrected chi connectivity index (χ1v) is 11.4. The summed E-state index contributed by atoms with van der Waals surface area (Å²) in [6.07, 6.45) is -0.151. The van der Waals surface area contributed by atoms with E-state index >= 15 is 8.78 Å². The van der Waals surface area contributed by atoms with Gasteiger partial charge < -0.3 is 14.4 Å². The molecule has 2 aromatic heterocycles. The number of aliphatic hydroxyl groups is 1. The van der Waals surface area contributed by atoms with Crippen molar-refractivity contribution in [2.24, 2.45) is 0 Å².